The van der Waals surface area contributed by atoms with E-state index >= 15 is 0 Å². The van der Waals surface area contributed by atoms with Crippen LogP contribution in [0.5, 0.6) is 11.5 Å². The number of nitrogens with zero attached hydrogens (tertiary/aromatic N) is 2. The number of thiophene rings is 1. The van der Waals surface area contributed by atoms with Gasteiger partial charge in [-0.25, -0.2) is 4.98 Å². The average Bonchev–Trinajstić information content (AvgIpc) is 3.22. The lowest BCUT2D eigenvalue weighted by Gasteiger charge is -2.13. The number of nitrogens with one attached hydrogen (secondary N) is 1. The molecular weight excluding hydrogens is 450 g/mol. The van der Waals surface area contributed by atoms with Crippen LogP contribution < -0.4 is 20.3 Å². The van der Waals surface area contributed by atoms with Crippen LogP contribution >= 0.6 is 11.3 Å². The van der Waals surface area contributed by atoms with Gasteiger partial charge in [0, 0.05) is 24.4 Å². The van der Waals surface area contributed by atoms with Gasteiger partial charge in [0.1, 0.15) is 4.83 Å². The summed E-state index contributed by atoms with van der Waals surface area (Å²) >= 11 is 1.64. The summed E-state index contributed by atoms with van der Waals surface area (Å²) in [6.07, 6.45) is 7.03. The Bertz CT molecular complexity index is 1210. The fraction of sp³-hybridized carbons (Fsp3) is 0.500. The van der Waals surface area contributed by atoms with E-state index in [9.17, 15) is 9.59 Å². The highest BCUT2D eigenvalue weighted by molar-refractivity contribution is 7.18. The maximum Gasteiger partial charge on any atom is 0.262 e. The molecule has 1 aliphatic carbocycles. The van der Waals surface area contributed by atoms with Crippen molar-refractivity contribution >= 4 is 27.5 Å². The van der Waals surface area contributed by atoms with Crippen molar-refractivity contribution in [2.24, 2.45) is 5.92 Å². The number of hydrogen-bond acceptors (Lipinski definition) is 6. The van der Waals surface area contributed by atoms with Crippen molar-refractivity contribution in [2.45, 2.75) is 65.5 Å². The Hall–Kier alpha value is -2.87. The second kappa shape index (κ2) is 11.0. The molecule has 1 N–H and O–H groups in total. The van der Waals surface area contributed by atoms with Gasteiger partial charge in [0.05, 0.1) is 25.4 Å². The molecule has 182 valence electrons. The summed E-state index contributed by atoms with van der Waals surface area (Å²) < 4.78 is 12.8. The predicted molar refractivity (Wildman–Crippen MR) is 135 cm³/mol. The third-order valence-electron chi connectivity index (χ3n) is 6.19. The number of aromatic nitrogens is 2. The molecule has 0 atom stereocenters. The van der Waals surface area contributed by atoms with E-state index in [1.165, 1.54) is 16.9 Å². The van der Waals surface area contributed by atoms with Crippen molar-refractivity contribution < 1.29 is 14.3 Å². The molecule has 3 aromatic rings. The molecule has 0 saturated heterocycles. The summed E-state index contributed by atoms with van der Waals surface area (Å²) in [6.45, 7) is 5.65. The topological polar surface area (TPSA) is 82.5 Å². The van der Waals surface area contributed by atoms with Gasteiger partial charge in [-0.2, -0.15) is 0 Å². The molecule has 2 aromatic heterocycles. The molecule has 0 spiro atoms. The number of carbonyl (C=O) groups excluding carboxylic acids is 1. The van der Waals surface area contributed by atoms with Gasteiger partial charge in [-0.05, 0) is 61.3 Å². The largest absolute Gasteiger partial charge is 0.493 e. The highest BCUT2D eigenvalue weighted by Crippen LogP contribution is 2.33. The van der Waals surface area contributed by atoms with Crippen LogP contribution in [0.15, 0.2) is 29.3 Å². The second-order valence-corrected chi connectivity index (χ2v) is 10.3. The van der Waals surface area contributed by atoms with Gasteiger partial charge in [-0.15, -0.1) is 11.3 Å². The molecule has 34 heavy (non-hydrogen) atoms. The standard InChI is InChI=1S/C26H33N3O4S/c1-17(2)11-13-33-20-9-8-18(14-21(20)32-3)15-27-23(30)10-12-29-16-28-25-24(26(29)31)19-6-4-5-7-22(19)34-25/h8-9,14,16-17H,4-7,10-13,15H2,1-3H3,(H,27,30). The Morgan fingerprint density at radius 1 is 1.24 bits per heavy atom. The minimum atomic E-state index is -0.115. The third-order valence-corrected chi connectivity index (χ3v) is 7.39. The molecule has 4 rings (SSSR count). The first-order chi connectivity index (χ1) is 16.5. The Balaban J connectivity index is 1.33. The zero-order valence-corrected chi connectivity index (χ0v) is 21.0. The van der Waals surface area contributed by atoms with Crippen molar-refractivity contribution in [1.29, 1.82) is 0 Å². The van der Waals surface area contributed by atoms with Crippen LogP contribution in [0.3, 0.4) is 0 Å². The first-order valence-electron chi connectivity index (χ1n) is 12.0. The van der Waals surface area contributed by atoms with E-state index in [1.807, 2.05) is 18.2 Å². The van der Waals surface area contributed by atoms with Crippen LogP contribution in [0.2, 0.25) is 0 Å². The van der Waals surface area contributed by atoms with Crippen molar-refractivity contribution in [3.05, 3.63) is 50.9 Å². The van der Waals surface area contributed by atoms with E-state index < -0.39 is 0 Å². The van der Waals surface area contributed by atoms with Gasteiger partial charge in [0.25, 0.3) is 5.56 Å². The maximum absolute atomic E-state index is 13.0. The van der Waals surface area contributed by atoms with E-state index in [0.717, 1.165) is 41.5 Å². The number of rotatable bonds is 10. The molecule has 1 aromatic carbocycles. The number of amides is 1. The van der Waals surface area contributed by atoms with Crippen LogP contribution in [0.1, 0.15) is 55.5 Å². The average molecular weight is 484 g/mol. The summed E-state index contributed by atoms with van der Waals surface area (Å²) in [5.74, 6) is 1.82. The molecule has 0 bridgehead atoms. The number of carbonyl (C=O) groups is 1. The van der Waals surface area contributed by atoms with E-state index in [4.69, 9.17) is 9.47 Å². The Kier molecular flexibility index (Phi) is 7.88. The van der Waals surface area contributed by atoms with Gasteiger partial charge >= 0.3 is 0 Å². The SMILES string of the molecule is COc1cc(CNC(=O)CCn2cnc3sc4c(c3c2=O)CCCC4)ccc1OCCC(C)C. The Morgan fingerprint density at radius 2 is 2.06 bits per heavy atom. The van der Waals surface area contributed by atoms with Crippen molar-refractivity contribution in [3.63, 3.8) is 0 Å². The van der Waals surface area contributed by atoms with E-state index in [0.29, 0.717) is 37.1 Å². The maximum atomic E-state index is 13.0. The summed E-state index contributed by atoms with van der Waals surface area (Å²) in [4.78, 5) is 32.1. The van der Waals surface area contributed by atoms with Crippen molar-refractivity contribution in [3.8, 4) is 11.5 Å². The van der Waals surface area contributed by atoms with E-state index in [1.54, 1.807) is 29.3 Å². The zero-order chi connectivity index (χ0) is 24.1. The molecule has 0 aliphatic heterocycles. The van der Waals surface area contributed by atoms with Crippen LogP contribution in [0, 0.1) is 5.92 Å². The smallest absolute Gasteiger partial charge is 0.262 e. The summed E-state index contributed by atoms with van der Waals surface area (Å²) in [6, 6.07) is 5.69. The van der Waals surface area contributed by atoms with Crippen molar-refractivity contribution in [1.82, 2.24) is 14.9 Å². The number of hydrogen-bond donors (Lipinski definition) is 1. The first kappa shape index (κ1) is 24.3. The highest BCUT2D eigenvalue weighted by atomic mass is 32.1. The zero-order valence-electron chi connectivity index (χ0n) is 20.2. The van der Waals surface area contributed by atoms with Crippen LogP contribution in [0.4, 0.5) is 0 Å². The molecule has 0 saturated carbocycles. The Labute approximate surface area is 204 Å². The second-order valence-electron chi connectivity index (χ2n) is 9.18. The summed E-state index contributed by atoms with van der Waals surface area (Å²) in [5, 5.41) is 3.69. The van der Waals surface area contributed by atoms with Crippen LogP contribution in [-0.4, -0.2) is 29.2 Å². The fourth-order valence-corrected chi connectivity index (χ4v) is 5.42. The van der Waals surface area contributed by atoms with Gasteiger partial charge in [-0.3, -0.25) is 14.2 Å². The van der Waals surface area contributed by atoms with Crippen LogP contribution in [0.25, 0.3) is 10.2 Å². The molecule has 1 amide bonds. The minimum Gasteiger partial charge on any atom is -0.493 e. The molecule has 2 heterocycles. The van der Waals surface area contributed by atoms with Gasteiger partial charge in [-0.1, -0.05) is 19.9 Å². The highest BCUT2D eigenvalue weighted by Gasteiger charge is 2.20. The number of methoxy groups -OCH3 is 1. The lowest BCUT2D eigenvalue weighted by molar-refractivity contribution is -0.121. The molecule has 1 aliphatic rings. The number of benzene rings is 1. The normalized spacial score (nSPS) is 13.2. The minimum absolute atomic E-state index is 0.0324. The van der Waals surface area contributed by atoms with Crippen LogP contribution in [-0.2, 0) is 30.7 Å². The fourth-order valence-electron chi connectivity index (χ4n) is 4.20. The van der Waals surface area contributed by atoms with E-state index in [2.05, 4.69) is 24.1 Å². The lowest BCUT2D eigenvalue weighted by Crippen LogP contribution is -2.27. The summed E-state index contributed by atoms with van der Waals surface area (Å²) in [5.41, 5.74) is 2.06. The first-order valence-corrected chi connectivity index (χ1v) is 12.8. The number of aryl methyl sites for hydroxylation is 3. The molecule has 0 unspecified atom stereocenters. The molecule has 8 heteroatoms. The molecule has 0 fully saturated rings. The number of ether oxygens (including phenoxy) is 2. The summed E-state index contributed by atoms with van der Waals surface area (Å²) in [7, 11) is 1.61. The number of fused-ring (bicyclic) bond motifs is 3. The van der Waals surface area contributed by atoms with Crippen molar-refractivity contribution in [2.75, 3.05) is 13.7 Å². The molecular formula is C26H33N3O4S. The lowest BCUT2D eigenvalue weighted by atomic mass is 9.97. The van der Waals surface area contributed by atoms with Gasteiger partial charge < -0.3 is 14.8 Å². The quantitative estimate of drug-likeness (QED) is 0.460. The molecule has 7 nitrogen and oxygen atoms in total. The monoisotopic (exact) mass is 483 g/mol. The third kappa shape index (κ3) is 5.60. The van der Waals surface area contributed by atoms with Gasteiger partial charge in [0.2, 0.25) is 5.91 Å². The Morgan fingerprint density at radius 3 is 2.85 bits per heavy atom. The molecule has 0 radical (unpaired) electrons. The van der Waals surface area contributed by atoms with Gasteiger partial charge in [0.15, 0.2) is 11.5 Å². The predicted octanol–water partition coefficient (Wildman–Crippen LogP) is 4.48. The van der Waals surface area contributed by atoms with E-state index in [-0.39, 0.29) is 17.9 Å².